The van der Waals surface area contributed by atoms with E-state index in [9.17, 15) is 14.5 Å². The smallest absolute Gasteiger partial charge is 0.307 e. The number of nitrogens with one attached hydrogen (secondary N) is 1. The van der Waals surface area contributed by atoms with E-state index in [4.69, 9.17) is 14.9 Å². The molecule has 8 nitrogen and oxygen atoms in total. The van der Waals surface area contributed by atoms with Crippen molar-refractivity contribution >= 4 is 28.3 Å². The summed E-state index contributed by atoms with van der Waals surface area (Å²) < 4.78 is 42.1. The zero-order valence-electron chi connectivity index (χ0n) is 21.4. The number of pyridine rings is 1. The molecular formula is C28H30FN3O5S. The molecule has 38 heavy (non-hydrogen) atoms. The van der Waals surface area contributed by atoms with Gasteiger partial charge in [-0.3, -0.25) is 9.78 Å². The van der Waals surface area contributed by atoms with Crippen LogP contribution in [0.15, 0.2) is 59.3 Å². The van der Waals surface area contributed by atoms with E-state index in [1.165, 1.54) is 12.5 Å². The second-order valence-corrected chi connectivity index (χ2v) is 11.9. The Kier molecular flexibility index (Phi) is 8.37. The number of hydrogen-bond acceptors (Lipinski definition) is 7. The van der Waals surface area contributed by atoms with Crippen LogP contribution in [0.2, 0.25) is 0 Å². The van der Waals surface area contributed by atoms with Crippen molar-refractivity contribution in [2.45, 2.75) is 51.6 Å². The van der Waals surface area contributed by atoms with E-state index in [1.54, 1.807) is 36.4 Å². The molecule has 2 aromatic heterocycles. The van der Waals surface area contributed by atoms with Crippen LogP contribution in [-0.4, -0.2) is 25.4 Å². The molecule has 2 heterocycles. The first kappa shape index (κ1) is 27.6. The van der Waals surface area contributed by atoms with Gasteiger partial charge in [-0.15, -0.1) is 4.72 Å². The standard InChI is InChI=1S/C28H30FN3O5S/c1-28(2,3)38(35)32-15-23-26(29)21(6-8-31-23)22-11-18(10-20-7-9-36-27(20)22)16-37-24-12-17(14-30)4-5-19(24)13-25(33)34/h4-12,32H,13-16,30H2,1-3H3,(H,33,34). The number of rotatable bonds is 10. The van der Waals surface area contributed by atoms with Gasteiger partial charge < -0.3 is 24.5 Å². The fourth-order valence-electron chi connectivity index (χ4n) is 3.93. The second-order valence-electron chi connectivity index (χ2n) is 9.81. The van der Waals surface area contributed by atoms with Crippen LogP contribution in [0.1, 0.15) is 43.2 Å². The van der Waals surface area contributed by atoms with E-state index >= 15 is 4.39 Å². The zero-order chi connectivity index (χ0) is 27.4. The van der Waals surface area contributed by atoms with E-state index in [0.717, 1.165) is 16.5 Å². The van der Waals surface area contributed by atoms with Crippen LogP contribution in [0.4, 0.5) is 4.39 Å². The highest BCUT2D eigenvalue weighted by Gasteiger charge is 2.27. The lowest BCUT2D eigenvalue weighted by Crippen LogP contribution is -2.39. The largest absolute Gasteiger partial charge is 0.598 e. The van der Waals surface area contributed by atoms with Gasteiger partial charge in [0.15, 0.2) is 5.82 Å². The number of hydrogen-bond donors (Lipinski definition) is 3. The minimum absolute atomic E-state index is 0.00249. The van der Waals surface area contributed by atoms with Crippen LogP contribution < -0.4 is 15.2 Å². The number of furan rings is 1. The Morgan fingerprint density at radius 1 is 1.18 bits per heavy atom. The Bertz CT molecular complexity index is 1450. The van der Waals surface area contributed by atoms with Gasteiger partial charge in [0.05, 0.1) is 24.9 Å². The molecule has 0 aliphatic heterocycles. The van der Waals surface area contributed by atoms with E-state index in [0.29, 0.717) is 22.5 Å². The first-order chi connectivity index (χ1) is 18.1. The molecule has 1 unspecified atom stereocenters. The van der Waals surface area contributed by atoms with Gasteiger partial charge in [-0.1, -0.05) is 12.1 Å². The van der Waals surface area contributed by atoms with E-state index in [2.05, 4.69) is 9.71 Å². The number of aromatic nitrogens is 1. The molecule has 0 fully saturated rings. The fraction of sp³-hybridized carbons (Fsp3) is 0.286. The molecule has 1 atom stereocenters. The number of ether oxygens (including phenoxy) is 1. The zero-order valence-corrected chi connectivity index (χ0v) is 22.2. The number of nitrogens with two attached hydrogens (primary N) is 1. The molecule has 0 aliphatic rings. The third-order valence-corrected chi connectivity index (χ3v) is 7.41. The molecule has 4 rings (SSSR count). The molecule has 10 heteroatoms. The quantitative estimate of drug-likeness (QED) is 0.244. The number of nitrogens with zero attached hydrogens (tertiary/aromatic N) is 1. The van der Waals surface area contributed by atoms with Gasteiger partial charge in [0, 0.05) is 46.2 Å². The molecular weight excluding hydrogens is 509 g/mol. The second kappa shape index (κ2) is 11.5. The number of carbonyl (C=O) groups is 1. The lowest BCUT2D eigenvalue weighted by atomic mass is 10.00. The van der Waals surface area contributed by atoms with Gasteiger partial charge in [-0.2, -0.15) is 0 Å². The van der Waals surface area contributed by atoms with Gasteiger partial charge in [-0.25, -0.2) is 4.39 Å². The summed E-state index contributed by atoms with van der Waals surface area (Å²) in [4.78, 5) is 15.5. The lowest BCUT2D eigenvalue weighted by Gasteiger charge is -2.23. The summed E-state index contributed by atoms with van der Waals surface area (Å²) in [5, 5.41) is 10.0. The third kappa shape index (κ3) is 6.33. The number of fused-ring (bicyclic) bond motifs is 1. The lowest BCUT2D eigenvalue weighted by molar-refractivity contribution is -0.136. The van der Waals surface area contributed by atoms with Crippen molar-refractivity contribution in [1.82, 2.24) is 9.71 Å². The molecule has 0 spiro atoms. The monoisotopic (exact) mass is 539 g/mol. The number of carboxylic acids is 1. The maximum absolute atomic E-state index is 15.6. The van der Waals surface area contributed by atoms with Crippen LogP contribution in [0, 0.1) is 5.82 Å². The number of halogens is 1. The van der Waals surface area contributed by atoms with Crippen molar-refractivity contribution in [3.8, 4) is 16.9 Å². The minimum Gasteiger partial charge on any atom is -0.598 e. The summed E-state index contributed by atoms with van der Waals surface area (Å²) in [5.41, 5.74) is 9.28. The van der Waals surface area contributed by atoms with Crippen LogP contribution >= 0.6 is 0 Å². The molecule has 0 radical (unpaired) electrons. The average molecular weight is 540 g/mol. The van der Waals surface area contributed by atoms with Crippen molar-refractivity contribution in [3.63, 3.8) is 0 Å². The predicted octanol–water partition coefficient (Wildman–Crippen LogP) is 4.85. The first-order valence-electron chi connectivity index (χ1n) is 12.0. The van der Waals surface area contributed by atoms with Crippen LogP contribution in [-0.2, 0) is 42.3 Å². The molecule has 0 bridgehead atoms. The van der Waals surface area contributed by atoms with Crippen LogP contribution in [0.5, 0.6) is 5.75 Å². The average Bonchev–Trinajstić information content (AvgIpc) is 3.35. The summed E-state index contributed by atoms with van der Waals surface area (Å²) in [6.45, 7) is 5.88. The molecule has 0 saturated carbocycles. The minimum atomic E-state index is -1.38. The summed E-state index contributed by atoms with van der Waals surface area (Å²) >= 11 is -1.38. The van der Waals surface area contributed by atoms with Crippen molar-refractivity contribution in [2.24, 2.45) is 5.73 Å². The molecule has 2 aromatic carbocycles. The molecule has 200 valence electrons. The molecule has 4 N–H and O–H groups in total. The van der Waals surface area contributed by atoms with Gasteiger partial charge >= 0.3 is 5.97 Å². The highest BCUT2D eigenvalue weighted by Crippen LogP contribution is 2.34. The predicted molar refractivity (Wildman–Crippen MR) is 144 cm³/mol. The molecule has 0 saturated heterocycles. The number of carboxylic acid groups (broad SMARTS) is 1. The summed E-state index contributed by atoms with van der Waals surface area (Å²) in [6.07, 6.45) is 2.84. The van der Waals surface area contributed by atoms with Gasteiger partial charge in [-0.05, 0) is 62.2 Å². The topological polar surface area (TPSA) is 134 Å². The summed E-state index contributed by atoms with van der Waals surface area (Å²) in [7, 11) is 0. The summed E-state index contributed by atoms with van der Waals surface area (Å²) in [6, 6.07) is 12.2. The van der Waals surface area contributed by atoms with Crippen molar-refractivity contribution in [3.05, 3.63) is 83.1 Å². The Labute approximate surface area is 223 Å². The third-order valence-electron chi connectivity index (χ3n) is 5.89. The Hall–Kier alpha value is -3.44. The van der Waals surface area contributed by atoms with Crippen molar-refractivity contribution < 1.29 is 28.0 Å². The number of aliphatic carboxylic acids is 1. The SMILES string of the molecule is CC(C)(C)[S+]([O-])NCc1nccc(-c2cc(COc3cc(CN)ccc3CC(=O)O)cc3ccoc23)c1F. The maximum Gasteiger partial charge on any atom is 0.307 e. The fourth-order valence-corrected chi connectivity index (χ4v) is 4.63. The number of benzene rings is 2. The highest BCUT2D eigenvalue weighted by atomic mass is 32.2. The van der Waals surface area contributed by atoms with Crippen molar-refractivity contribution in [1.29, 1.82) is 0 Å². The molecule has 0 amide bonds. The van der Waals surface area contributed by atoms with Crippen LogP contribution in [0.25, 0.3) is 22.1 Å². The van der Waals surface area contributed by atoms with E-state index in [-0.39, 0.29) is 37.4 Å². The van der Waals surface area contributed by atoms with Crippen LogP contribution in [0.3, 0.4) is 0 Å². The first-order valence-corrected chi connectivity index (χ1v) is 13.2. The Morgan fingerprint density at radius 2 is 1.97 bits per heavy atom. The Balaban J connectivity index is 1.65. The normalized spacial score (nSPS) is 12.6. The van der Waals surface area contributed by atoms with Crippen molar-refractivity contribution in [2.75, 3.05) is 0 Å². The summed E-state index contributed by atoms with van der Waals surface area (Å²) in [5.74, 6) is -1.08. The highest BCUT2D eigenvalue weighted by molar-refractivity contribution is 7.90. The maximum atomic E-state index is 15.6. The van der Waals surface area contributed by atoms with E-state index < -0.39 is 27.9 Å². The Morgan fingerprint density at radius 3 is 2.68 bits per heavy atom. The molecule has 4 aromatic rings. The molecule has 0 aliphatic carbocycles. The van der Waals surface area contributed by atoms with Gasteiger partial charge in [0.1, 0.15) is 22.7 Å². The van der Waals surface area contributed by atoms with Gasteiger partial charge in [0.2, 0.25) is 0 Å². The van der Waals surface area contributed by atoms with Gasteiger partial charge in [0.25, 0.3) is 0 Å². The van der Waals surface area contributed by atoms with E-state index in [1.807, 2.05) is 26.8 Å².